The highest BCUT2D eigenvalue weighted by Crippen LogP contribution is 2.39. The molecule has 65 heavy (non-hydrogen) atoms. The molecule has 0 spiro atoms. The highest BCUT2D eigenvalue weighted by Gasteiger charge is 2.21. The van der Waals surface area contributed by atoms with Crippen LogP contribution in [0, 0.1) is 22.7 Å². The first-order valence-electron chi connectivity index (χ1n) is 20.7. The third-order valence-electron chi connectivity index (χ3n) is 11.1. The molecule has 4 heterocycles. The standard InChI is InChI=1S/C54H31N11/c55-30-41-27-38(42-32-57-48(31-56)58-33-42)23-26-45(41)65-46-28-39(53-61-49(34-13-5-1-6-14-34)59-50(62-53)35-15-7-2-8-16-35)21-24-43(46)44-25-22-40(29-47(44)65)54-63-51(36-17-9-3-10-18-36)60-52(64-54)37-19-11-4-12-20-37/h1-29,32-33H. The molecule has 4 aromatic heterocycles. The van der Waals surface area contributed by atoms with Crippen molar-refractivity contribution < 1.29 is 0 Å². The molecule has 302 valence electrons. The van der Waals surface area contributed by atoms with Crippen LogP contribution < -0.4 is 0 Å². The molecular formula is C54H31N11. The maximum atomic E-state index is 10.8. The molecule has 7 aromatic carbocycles. The van der Waals surface area contributed by atoms with Gasteiger partial charge in [0.05, 0.1) is 22.3 Å². The molecule has 0 aliphatic carbocycles. The first-order chi connectivity index (χ1) is 32.1. The third-order valence-corrected chi connectivity index (χ3v) is 11.1. The normalized spacial score (nSPS) is 11.0. The van der Waals surface area contributed by atoms with Gasteiger partial charge in [0, 0.05) is 62.1 Å². The molecule has 0 fully saturated rings. The van der Waals surface area contributed by atoms with E-state index in [9.17, 15) is 10.5 Å². The summed E-state index contributed by atoms with van der Waals surface area (Å²) in [6, 6.07) is 62.0. The Hall–Kier alpha value is -9.58. The summed E-state index contributed by atoms with van der Waals surface area (Å²) < 4.78 is 2.10. The van der Waals surface area contributed by atoms with E-state index in [4.69, 9.17) is 29.9 Å². The van der Waals surface area contributed by atoms with Gasteiger partial charge in [-0.2, -0.15) is 10.5 Å². The molecule has 0 aliphatic heterocycles. The van der Waals surface area contributed by atoms with Crippen molar-refractivity contribution >= 4 is 21.8 Å². The number of aromatic nitrogens is 9. The van der Waals surface area contributed by atoms with Crippen molar-refractivity contribution in [1.82, 2.24) is 44.4 Å². The lowest BCUT2D eigenvalue weighted by molar-refractivity contribution is 1.07. The molecule has 0 bridgehead atoms. The number of benzene rings is 7. The molecule has 11 heteroatoms. The van der Waals surface area contributed by atoms with Gasteiger partial charge in [-0.05, 0) is 29.8 Å². The molecule has 11 rings (SSSR count). The van der Waals surface area contributed by atoms with Crippen LogP contribution in [-0.4, -0.2) is 44.4 Å². The second-order valence-electron chi connectivity index (χ2n) is 15.1. The van der Waals surface area contributed by atoms with Crippen LogP contribution in [-0.2, 0) is 0 Å². The van der Waals surface area contributed by atoms with Crippen molar-refractivity contribution in [3.8, 4) is 97.3 Å². The van der Waals surface area contributed by atoms with Crippen LogP contribution in [0.1, 0.15) is 11.4 Å². The second-order valence-corrected chi connectivity index (χ2v) is 15.1. The van der Waals surface area contributed by atoms with Crippen molar-refractivity contribution in [2.24, 2.45) is 0 Å². The average Bonchev–Trinajstić information content (AvgIpc) is 3.72. The van der Waals surface area contributed by atoms with Crippen molar-refractivity contribution in [2.45, 2.75) is 0 Å². The Labute approximate surface area is 372 Å². The van der Waals surface area contributed by atoms with Gasteiger partial charge in [0.25, 0.3) is 0 Å². The van der Waals surface area contributed by atoms with Crippen LogP contribution in [0.2, 0.25) is 0 Å². The fourth-order valence-corrected chi connectivity index (χ4v) is 7.97. The van der Waals surface area contributed by atoms with Crippen molar-refractivity contribution in [1.29, 1.82) is 10.5 Å². The Balaban J connectivity index is 1.15. The van der Waals surface area contributed by atoms with Crippen LogP contribution in [0.5, 0.6) is 0 Å². The molecule has 0 unspecified atom stereocenters. The first-order valence-corrected chi connectivity index (χ1v) is 20.7. The lowest BCUT2D eigenvalue weighted by Gasteiger charge is -2.13. The van der Waals surface area contributed by atoms with Gasteiger partial charge in [0.1, 0.15) is 12.1 Å². The predicted octanol–water partition coefficient (Wildman–Crippen LogP) is 11.4. The SMILES string of the molecule is N#Cc1ncc(-c2ccc(-n3c4cc(-c5nc(-c6ccccc6)nc(-c6ccccc6)n5)ccc4c4ccc(-c5nc(-c6ccccc6)nc(-c6ccccc6)n5)cc43)c(C#N)c2)cn1. The highest BCUT2D eigenvalue weighted by atomic mass is 15.0. The van der Waals surface area contributed by atoms with E-state index in [2.05, 4.69) is 44.9 Å². The quantitative estimate of drug-likeness (QED) is 0.144. The van der Waals surface area contributed by atoms with E-state index in [1.54, 1.807) is 12.4 Å². The smallest absolute Gasteiger partial charge is 0.232 e. The van der Waals surface area contributed by atoms with Gasteiger partial charge in [-0.15, -0.1) is 0 Å². The summed E-state index contributed by atoms with van der Waals surface area (Å²) in [6.45, 7) is 0. The van der Waals surface area contributed by atoms with E-state index in [1.165, 1.54) is 0 Å². The van der Waals surface area contributed by atoms with E-state index < -0.39 is 0 Å². The molecule has 0 radical (unpaired) electrons. The zero-order valence-corrected chi connectivity index (χ0v) is 34.3. The van der Waals surface area contributed by atoms with Gasteiger partial charge in [0.2, 0.25) is 5.82 Å². The fraction of sp³-hybridized carbons (Fsp3) is 0. The molecule has 0 amide bonds. The van der Waals surface area contributed by atoms with Crippen LogP contribution in [0.15, 0.2) is 188 Å². The largest absolute Gasteiger partial charge is 0.308 e. The predicted molar refractivity (Wildman–Crippen MR) is 251 cm³/mol. The Bertz CT molecular complexity index is 3360. The molecule has 11 nitrogen and oxygen atoms in total. The number of hydrogen-bond donors (Lipinski definition) is 0. The van der Waals surface area contributed by atoms with Gasteiger partial charge in [-0.3, -0.25) is 0 Å². The van der Waals surface area contributed by atoms with E-state index >= 15 is 0 Å². The summed E-state index contributed by atoms with van der Waals surface area (Å²) in [7, 11) is 0. The van der Waals surface area contributed by atoms with Crippen LogP contribution in [0.25, 0.3) is 107 Å². The monoisotopic (exact) mass is 833 g/mol. The van der Waals surface area contributed by atoms with E-state index in [1.807, 2.05) is 158 Å². The maximum absolute atomic E-state index is 10.8. The van der Waals surface area contributed by atoms with Crippen molar-refractivity contribution in [2.75, 3.05) is 0 Å². The zero-order chi connectivity index (χ0) is 43.7. The molecule has 0 saturated carbocycles. The second kappa shape index (κ2) is 16.4. The van der Waals surface area contributed by atoms with Crippen LogP contribution >= 0.6 is 0 Å². The molecule has 0 atom stereocenters. The summed E-state index contributed by atoms with van der Waals surface area (Å²) in [6.07, 6.45) is 3.18. The topological polar surface area (TPSA) is 156 Å². The number of fused-ring (bicyclic) bond motifs is 3. The van der Waals surface area contributed by atoms with Gasteiger partial charge < -0.3 is 4.57 Å². The molecule has 0 N–H and O–H groups in total. The van der Waals surface area contributed by atoms with E-state index in [-0.39, 0.29) is 5.82 Å². The summed E-state index contributed by atoms with van der Waals surface area (Å²) in [4.78, 5) is 38.3. The van der Waals surface area contributed by atoms with E-state index in [0.29, 0.717) is 51.8 Å². The summed E-state index contributed by atoms with van der Waals surface area (Å²) in [5, 5.41) is 22.1. The maximum Gasteiger partial charge on any atom is 0.232 e. The van der Waals surface area contributed by atoms with Crippen molar-refractivity contribution in [3.63, 3.8) is 0 Å². The number of rotatable bonds is 8. The number of nitrogens with zero attached hydrogens (tertiary/aromatic N) is 11. The van der Waals surface area contributed by atoms with Gasteiger partial charge in [-0.1, -0.05) is 152 Å². The highest BCUT2D eigenvalue weighted by molar-refractivity contribution is 6.11. The van der Waals surface area contributed by atoms with Gasteiger partial charge in [-0.25, -0.2) is 39.9 Å². The molecule has 0 saturated heterocycles. The minimum absolute atomic E-state index is 0.0673. The van der Waals surface area contributed by atoms with E-state index in [0.717, 1.165) is 60.8 Å². The number of hydrogen-bond acceptors (Lipinski definition) is 10. The lowest BCUT2D eigenvalue weighted by atomic mass is 10.0. The van der Waals surface area contributed by atoms with Gasteiger partial charge >= 0.3 is 0 Å². The van der Waals surface area contributed by atoms with Crippen molar-refractivity contribution in [3.05, 3.63) is 200 Å². The zero-order valence-electron chi connectivity index (χ0n) is 34.3. The minimum atomic E-state index is 0.0673. The summed E-state index contributed by atoms with van der Waals surface area (Å²) in [5.41, 5.74) is 9.13. The number of nitriles is 2. The molecule has 0 aliphatic rings. The minimum Gasteiger partial charge on any atom is -0.308 e. The summed E-state index contributed by atoms with van der Waals surface area (Å²) in [5.74, 6) is 3.28. The van der Waals surface area contributed by atoms with Crippen LogP contribution in [0.4, 0.5) is 0 Å². The van der Waals surface area contributed by atoms with Gasteiger partial charge in [0.15, 0.2) is 34.9 Å². The molecule has 11 aromatic rings. The van der Waals surface area contributed by atoms with Crippen LogP contribution in [0.3, 0.4) is 0 Å². The Morgan fingerprint density at radius 1 is 0.338 bits per heavy atom. The molecular weight excluding hydrogens is 803 g/mol. The lowest BCUT2D eigenvalue weighted by Crippen LogP contribution is -2.02. The Morgan fingerprint density at radius 3 is 1.08 bits per heavy atom. The average molecular weight is 834 g/mol. The Morgan fingerprint density at radius 2 is 0.708 bits per heavy atom. The summed E-state index contributed by atoms with van der Waals surface area (Å²) >= 11 is 0. The fourth-order valence-electron chi connectivity index (χ4n) is 7.97. The Kier molecular flexibility index (Phi) is 9.65. The first kappa shape index (κ1) is 38.3. The third kappa shape index (κ3) is 7.27.